The number of H-pyrrole nitrogens is 1. The number of aromatic amines is 1. The van der Waals surface area contributed by atoms with E-state index in [1.807, 2.05) is 19.1 Å². The third kappa shape index (κ3) is 4.71. The zero-order valence-corrected chi connectivity index (χ0v) is 22.0. The second-order valence-electron chi connectivity index (χ2n) is 10.4. The van der Waals surface area contributed by atoms with Crippen molar-refractivity contribution < 1.29 is 9.16 Å². The van der Waals surface area contributed by atoms with Crippen molar-refractivity contribution in [1.82, 2.24) is 9.55 Å². The summed E-state index contributed by atoms with van der Waals surface area (Å²) in [6.07, 6.45) is 0.653. The van der Waals surface area contributed by atoms with Crippen LogP contribution in [0.4, 0.5) is 0 Å². The summed E-state index contributed by atoms with van der Waals surface area (Å²) in [5.41, 5.74) is 5.94. The maximum absolute atomic E-state index is 12.6. The van der Waals surface area contributed by atoms with Crippen LogP contribution < -0.4 is 27.4 Å². The van der Waals surface area contributed by atoms with Crippen molar-refractivity contribution in [2.24, 2.45) is 5.73 Å². The number of rotatable bonds is 6. The van der Waals surface area contributed by atoms with Gasteiger partial charge >= 0.3 is 5.69 Å². The Morgan fingerprint density at radius 2 is 1.60 bits per heavy atom. The van der Waals surface area contributed by atoms with Crippen LogP contribution in [0, 0.1) is 6.92 Å². The fourth-order valence-corrected chi connectivity index (χ4v) is 9.83. The molecule has 0 spiro atoms. The van der Waals surface area contributed by atoms with E-state index < -0.39 is 31.9 Å². The average Bonchev–Trinajstić information content (AvgIpc) is 3.24. The molecule has 1 saturated heterocycles. The van der Waals surface area contributed by atoms with Crippen LogP contribution in [0.1, 0.15) is 45.9 Å². The Balaban J connectivity index is 1.82. The number of benzene rings is 2. The van der Waals surface area contributed by atoms with Gasteiger partial charge < -0.3 is 14.9 Å². The third-order valence-electron chi connectivity index (χ3n) is 6.83. The van der Waals surface area contributed by atoms with Gasteiger partial charge in [-0.25, -0.2) is 4.79 Å². The zero-order chi connectivity index (χ0) is 25.4. The van der Waals surface area contributed by atoms with Gasteiger partial charge in [-0.05, 0) is 29.3 Å². The quantitative estimate of drug-likeness (QED) is 0.514. The largest absolute Gasteiger partial charge is 0.402 e. The van der Waals surface area contributed by atoms with Gasteiger partial charge in [0.15, 0.2) is 0 Å². The van der Waals surface area contributed by atoms with E-state index in [1.165, 1.54) is 14.9 Å². The monoisotopic (exact) mass is 493 g/mol. The minimum Gasteiger partial charge on any atom is -0.402 e. The fourth-order valence-electron chi connectivity index (χ4n) is 5.13. The van der Waals surface area contributed by atoms with Crippen molar-refractivity contribution in [3.63, 3.8) is 0 Å². The molecule has 4 rings (SSSR count). The molecule has 0 saturated carbocycles. The molecule has 8 heteroatoms. The molecule has 1 aliphatic rings. The molecule has 186 valence electrons. The summed E-state index contributed by atoms with van der Waals surface area (Å²) in [4.78, 5) is 26.9. The minimum absolute atomic E-state index is 0.207. The van der Waals surface area contributed by atoms with Crippen LogP contribution >= 0.6 is 0 Å². The molecule has 3 aromatic rings. The molecular formula is C27H35N3O4Si. The molecular weight excluding hydrogens is 458 g/mol. The predicted molar refractivity (Wildman–Crippen MR) is 141 cm³/mol. The SMILES string of the molecule is Cc1cn([C@H]2C[C@H](O[Si](c3ccccc3)(c3ccccc3)C(C)(C)C)[C@@H]([C@@H](C)N)O2)c(=O)[nH]c1=O. The number of hydrogen-bond acceptors (Lipinski definition) is 5. The van der Waals surface area contributed by atoms with Gasteiger partial charge in [0.25, 0.3) is 13.9 Å². The van der Waals surface area contributed by atoms with Crippen LogP contribution in [0.15, 0.2) is 76.4 Å². The molecule has 0 amide bonds. The van der Waals surface area contributed by atoms with Crippen LogP contribution in [-0.2, 0) is 9.16 Å². The number of nitrogens with zero attached hydrogens (tertiary/aromatic N) is 1. The number of aryl methyl sites for hydroxylation is 1. The maximum Gasteiger partial charge on any atom is 0.330 e. The van der Waals surface area contributed by atoms with E-state index >= 15 is 0 Å². The summed E-state index contributed by atoms with van der Waals surface area (Å²) in [7, 11) is -2.85. The first-order chi connectivity index (χ1) is 16.5. The Kier molecular flexibility index (Phi) is 7.01. The first kappa shape index (κ1) is 25.3. The average molecular weight is 494 g/mol. The van der Waals surface area contributed by atoms with Crippen molar-refractivity contribution in [2.45, 2.75) is 70.6 Å². The van der Waals surface area contributed by atoms with Crippen molar-refractivity contribution >= 4 is 18.7 Å². The molecule has 2 heterocycles. The van der Waals surface area contributed by atoms with E-state index in [0.717, 1.165) is 0 Å². The second kappa shape index (κ2) is 9.70. The van der Waals surface area contributed by atoms with Crippen LogP contribution in [0.2, 0.25) is 5.04 Å². The zero-order valence-electron chi connectivity index (χ0n) is 21.0. The molecule has 4 atom stereocenters. The summed E-state index contributed by atoms with van der Waals surface area (Å²) in [5.74, 6) is 0. The molecule has 0 radical (unpaired) electrons. The topological polar surface area (TPSA) is 99.3 Å². The Bertz CT molecular complexity index is 1230. The van der Waals surface area contributed by atoms with Crippen LogP contribution in [0.3, 0.4) is 0 Å². The molecule has 0 bridgehead atoms. The van der Waals surface area contributed by atoms with Crippen molar-refractivity contribution in [2.75, 3.05) is 0 Å². The highest BCUT2D eigenvalue weighted by molar-refractivity contribution is 6.99. The van der Waals surface area contributed by atoms with Gasteiger partial charge in [0.1, 0.15) is 6.23 Å². The van der Waals surface area contributed by atoms with Crippen LogP contribution in [0.5, 0.6) is 0 Å². The van der Waals surface area contributed by atoms with Gasteiger partial charge in [-0.15, -0.1) is 0 Å². The van der Waals surface area contributed by atoms with E-state index in [4.69, 9.17) is 14.9 Å². The summed E-state index contributed by atoms with van der Waals surface area (Å²) < 4.78 is 15.1. The standard InChI is InChI=1S/C27H35N3O4Si/c1-18-17-30(26(32)29-25(18)31)23-16-22(24(33-23)19(2)28)34-35(27(3,4)5,20-12-8-6-9-13-20)21-14-10-7-11-15-21/h6-15,17,19,22-24H,16,28H2,1-5H3,(H,29,31,32)/t19-,22+,23-,24-/m1/s1. The van der Waals surface area contributed by atoms with E-state index in [0.29, 0.717) is 12.0 Å². The summed E-state index contributed by atoms with van der Waals surface area (Å²) in [6.45, 7) is 10.2. The normalized spacial score (nSPS) is 21.7. The summed E-state index contributed by atoms with van der Waals surface area (Å²) in [6, 6.07) is 20.5. The van der Waals surface area contributed by atoms with Crippen molar-refractivity contribution in [3.8, 4) is 0 Å². The van der Waals surface area contributed by atoms with Gasteiger partial charge in [0.2, 0.25) is 0 Å². The van der Waals surface area contributed by atoms with Gasteiger partial charge in [-0.3, -0.25) is 14.3 Å². The highest BCUT2D eigenvalue weighted by Gasteiger charge is 2.54. The first-order valence-corrected chi connectivity index (χ1v) is 14.0. The van der Waals surface area contributed by atoms with Gasteiger partial charge in [-0.1, -0.05) is 81.4 Å². The number of ether oxygens (including phenoxy) is 1. The number of aromatic nitrogens is 2. The highest BCUT2D eigenvalue weighted by atomic mass is 28.4. The molecule has 35 heavy (non-hydrogen) atoms. The van der Waals surface area contributed by atoms with Crippen LogP contribution in [0.25, 0.3) is 0 Å². The second-order valence-corrected chi connectivity index (χ2v) is 14.7. The van der Waals surface area contributed by atoms with Crippen molar-refractivity contribution in [1.29, 1.82) is 0 Å². The predicted octanol–water partition coefficient (Wildman–Crippen LogP) is 2.42. The van der Waals surface area contributed by atoms with Gasteiger partial charge in [0.05, 0.1) is 12.2 Å². The maximum atomic E-state index is 12.6. The van der Waals surface area contributed by atoms with E-state index in [2.05, 4.69) is 74.3 Å². The third-order valence-corrected chi connectivity index (χ3v) is 11.9. The molecule has 0 aliphatic carbocycles. The Hall–Kier alpha value is -2.78. The number of hydrogen-bond donors (Lipinski definition) is 2. The van der Waals surface area contributed by atoms with Crippen molar-refractivity contribution in [3.05, 3.63) is 93.3 Å². The molecule has 1 fully saturated rings. The minimum atomic E-state index is -2.85. The molecule has 3 N–H and O–H groups in total. The summed E-state index contributed by atoms with van der Waals surface area (Å²) in [5, 5.41) is 2.13. The number of nitrogens with one attached hydrogen (secondary N) is 1. The fraction of sp³-hybridized carbons (Fsp3) is 0.407. The molecule has 1 aromatic heterocycles. The molecule has 1 aliphatic heterocycles. The van der Waals surface area contributed by atoms with Gasteiger partial charge in [0, 0.05) is 24.2 Å². The van der Waals surface area contributed by atoms with E-state index in [9.17, 15) is 9.59 Å². The summed E-state index contributed by atoms with van der Waals surface area (Å²) >= 11 is 0. The van der Waals surface area contributed by atoms with E-state index in [-0.39, 0.29) is 17.2 Å². The lowest BCUT2D eigenvalue weighted by Gasteiger charge is -2.45. The Labute approximate surface area is 207 Å². The smallest absolute Gasteiger partial charge is 0.330 e. The Morgan fingerprint density at radius 1 is 1.06 bits per heavy atom. The molecule has 2 aromatic carbocycles. The lowest BCUT2D eigenvalue weighted by atomic mass is 10.1. The molecule has 0 unspecified atom stereocenters. The number of nitrogens with two attached hydrogens (primary N) is 1. The molecule has 7 nitrogen and oxygen atoms in total. The first-order valence-electron chi connectivity index (χ1n) is 12.1. The lowest BCUT2D eigenvalue weighted by molar-refractivity contribution is -0.0275. The van der Waals surface area contributed by atoms with Crippen LogP contribution in [-0.4, -0.2) is 36.1 Å². The Morgan fingerprint density at radius 3 is 2.09 bits per heavy atom. The van der Waals surface area contributed by atoms with Gasteiger partial charge in [-0.2, -0.15) is 0 Å². The lowest BCUT2D eigenvalue weighted by Crippen LogP contribution is -2.68. The van der Waals surface area contributed by atoms with E-state index in [1.54, 1.807) is 13.1 Å². The highest BCUT2D eigenvalue weighted by Crippen LogP contribution is 2.41.